The third-order valence-electron chi connectivity index (χ3n) is 5.81. The normalized spacial score (nSPS) is 17.5. The van der Waals surface area contributed by atoms with E-state index in [1.807, 2.05) is 13.0 Å². The first-order valence-corrected chi connectivity index (χ1v) is 13.7. The van der Waals surface area contributed by atoms with Gasteiger partial charge in [-0.3, -0.25) is 4.79 Å². The molecule has 0 bridgehead atoms. The molecule has 1 N–H and O–H groups in total. The number of aryl methyl sites for hydroxylation is 1. The molecule has 4 rings (SSSR count). The van der Waals surface area contributed by atoms with Crippen molar-refractivity contribution < 1.29 is 21.6 Å². The van der Waals surface area contributed by atoms with Crippen LogP contribution in [0.25, 0.3) is 12.2 Å². The van der Waals surface area contributed by atoms with Gasteiger partial charge >= 0.3 is 0 Å². The largest absolute Gasteiger partial charge is 0.326 e. The van der Waals surface area contributed by atoms with E-state index >= 15 is 0 Å². The molecule has 2 fully saturated rings. The van der Waals surface area contributed by atoms with Crippen molar-refractivity contribution in [2.75, 3.05) is 31.5 Å². The molecule has 0 saturated carbocycles. The average Bonchev–Trinajstić information content (AvgIpc) is 2.63. The predicted molar refractivity (Wildman–Crippen MR) is 128 cm³/mol. The zero-order chi connectivity index (χ0) is 23.8. The van der Waals surface area contributed by atoms with Crippen LogP contribution in [-0.4, -0.2) is 57.5 Å². The number of carbonyl (C=O) groups excluding carboxylic acids is 1. The Balaban J connectivity index is 1.76. The molecule has 8 nitrogen and oxygen atoms in total. The molecule has 0 spiro atoms. The van der Waals surface area contributed by atoms with E-state index in [2.05, 4.69) is 5.32 Å². The number of rotatable bonds is 7. The maximum absolute atomic E-state index is 13.2. The van der Waals surface area contributed by atoms with Crippen molar-refractivity contribution in [3.8, 4) is 0 Å². The summed E-state index contributed by atoms with van der Waals surface area (Å²) in [5.41, 5.74) is 2.12. The second-order valence-electron chi connectivity index (χ2n) is 8.32. The Hall–Kier alpha value is -2.53. The monoisotopic (exact) mass is 489 g/mol. The maximum atomic E-state index is 13.2. The third-order valence-corrected chi connectivity index (χ3v) is 9.72. The van der Waals surface area contributed by atoms with Crippen molar-refractivity contribution in [3.05, 3.63) is 53.1 Å². The van der Waals surface area contributed by atoms with Gasteiger partial charge in [0, 0.05) is 38.8 Å². The van der Waals surface area contributed by atoms with Crippen LogP contribution in [0.2, 0.25) is 0 Å². The summed E-state index contributed by atoms with van der Waals surface area (Å²) in [5, 5.41) is 2.62. The van der Waals surface area contributed by atoms with E-state index < -0.39 is 20.0 Å². The van der Waals surface area contributed by atoms with Gasteiger partial charge in [0.1, 0.15) is 0 Å². The molecular weight excluding hydrogens is 462 g/mol. The third kappa shape index (κ3) is 4.74. The number of anilines is 1. The highest BCUT2D eigenvalue weighted by molar-refractivity contribution is 7.89. The summed E-state index contributed by atoms with van der Waals surface area (Å²) in [7, 11) is -7.36. The molecule has 0 radical (unpaired) electrons. The fourth-order valence-electron chi connectivity index (χ4n) is 3.69. The highest BCUT2D eigenvalue weighted by atomic mass is 32.2. The quantitative estimate of drug-likeness (QED) is 0.603. The summed E-state index contributed by atoms with van der Waals surface area (Å²) in [6, 6.07) is 9.89. The summed E-state index contributed by atoms with van der Waals surface area (Å²) in [5.74, 6) is -0.300. The van der Waals surface area contributed by atoms with Crippen LogP contribution in [0.1, 0.15) is 36.5 Å². The Bertz CT molecular complexity index is 1330. The van der Waals surface area contributed by atoms with Crippen molar-refractivity contribution in [2.45, 2.75) is 36.5 Å². The van der Waals surface area contributed by atoms with Crippen molar-refractivity contribution in [1.82, 2.24) is 8.61 Å². The molecule has 0 aliphatic carbocycles. The Morgan fingerprint density at radius 1 is 0.818 bits per heavy atom. The van der Waals surface area contributed by atoms with E-state index in [1.165, 1.54) is 21.6 Å². The average molecular weight is 490 g/mol. The van der Waals surface area contributed by atoms with E-state index in [-0.39, 0.29) is 15.7 Å². The van der Waals surface area contributed by atoms with Gasteiger partial charge in [0.25, 0.3) is 0 Å². The molecule has 176 valence electrons. The molecule has 10 heteroatoms. The second-order valence-corrected chi connectivity index (χ2v) is 12.1. The van der Waals surface area contributed by atoms with Gasteiger partial charge in [-0.15, -0.1) is 0 Å². The lowest BCUT2D eigenvalue weighted by molar-refractivity contribution is -0.114. The lowest BCUT2D eigenvalue weighted by Crippen LogP contribution is -2.42. The van der Waals surface area contributed by atoms with Crippen LogP contribution >= 0.6 is 0 Å². The summed E-state index contributed by atoms with van der Waals surface area (Å²) in [6.45, 7) is 5.10. The minimum atomic E-state index is -3.74. The van der Waals surface area contributed by atoms with Crippen molar-refractivity contribution in [3.63, 3.8) is 0 Å². The molecule has 2 aliphatic heterocycles. The minimum absolute atomic E-state index is 0.0731. The van der Waals surface area contributed by atoms with Gasteiger partial charge in [-0.25, -0.2) is 16.8 Å². The van der Waals surface area contributed by atoms with Crippen LogP contribution in [0.5, 0.6) is 0 Å². The number of amides is 1. The number of sulfonamides is 2. The van der Waals surface area contributed by atoms with E-state index in [1.54, 1.807) is 36.4 Å². The molecule has 2 saturated heterocycles. The number of carbonyl (C=O) groups is 1. The molecule has 2 aliphatic rings. The zero-order valence-electron chi connectivity index (χ0n) is 18.6. The summed E-state index contributed by atoms with van der Waals surface area (Å²) in [6.07, 6.45) is 4.89. The smallest absolute Gasteiger partial charge is 0.243 e. The van der Waals surface area contributed by atoms with Gasteiger partial charge in [-0.2, -0.15) is 8.61 Å². The standard InChI is InChI=1S/C23H27N3O5S2/c1-17-5-6-19(22(15-17)32(28,29)25-11-3-12-25)7-8-20-9-10-21(24-18(2)27)16-23(20)33(30,31)26-13-4-14-26/h5-10,15-16H,3-4,11-14H2,1-2H3,(H,24,27)/b8-7+. The van der Waals surface area contributed by atoms with Crippen LogP contribution in [0.3, 0.4) is 0 Å². The highest BCUT2D eigenvalue weighted by Gasteiger charge is 2.32. The molecule has 2 aromatic carbocycles. The predicted octanol–water partition coefficient (Wildman–Crippen LogP) is 2.91. The first kappa shape index (κ1) is 23.6. The Kier molecular flexibility index (Phi) is 6.45. The minimum Gasteiger partial charge on any atom is -0.326 e. The summed E-state index contributed by atoms with van der Waals surface area (Å²) >= 11 is 0. The van der Waals surface area contributed by atoms with Crippen LogP contribution in [0, 0.1) is 6.92 Å². The van der Waals surface area contributed by atoms with Crippen LogP contribution in [0.15, 0.2) is 46.2 Å². The van der Waals surface area contributed by atoms with Crippen molar-refractivity contribution in [2.24, 2.45) is 0 Å². The van der Waals surface area contributed by atoms with Gasteiger partial charge in [0.15, 0.2) is 0 Å². The Morgan fingerprint density at radius 2 is 1.30 bits per heavy atom. The molecular formula is C23H27N3O5S2. The van der Waals surface area contributed by atoms with Gasteiger partial charge in [-0.1, -0.05) is 30.4 Å². The van der Waals surface area contributed by atoms with Crippen molar-refractivity contribution in [1.29, 1.82) is 0 Å². The first-order chi connectivity index (χ1) is 15.6. The fraction of sp³-hybridized carbons (Fsp3) is 0.348. The lowest BCUT2D eigenvalue weighted by atomic mass is 10.1. The summed E-state index contributed by atoms with van der Waals surface area (Å²) in [4.78, 5) is 11.8. The van der Waals surface area contributed by atoms with E-state index in [9.17, 15) is 21.6 Å². The maximum Gasteiger partial charge on any atom is 0.243 e. The van der Waals surface area contributed by atoms with Gasteiger partial charge in [-0.05, 0) is 54.7 Å². The topological polar surface area (TPSA) is 104 Å². The van der Waals surface area contributed by atoms with Crippen LogP contribution < -0.4 is 5.32 Å². The molecule has 0 aromatic heterocycles. The number of nitrogens with zero attached hydrogens (tertiary/aromatic N) is 2. The van der Waals surface area contributed by atoms with Gasteiger partial charge in [0.2, 0.25) is 26.0 Å². The Labute approximate surface area is 195 Å². The highest BCUT2D eigenvalue weighted by Crippen LogP contribution is 2.30. The number of nitrogens with one attached hydrogen (secondary N) is 1. The molecule has 2 heterocycles. The van der Waals surface area contributed by atoms with Crippen LogP contribution in [-0.2, 0) is 24.8 Å². The van der Waals surface area contributed by atoms with Gasteiger partial charge in [0.05, 0.1) is 9.79 Å². The van der Waals surface area contributed by atoms with E-state index in [4.69, 9.17) is 0 Å². The van der Waals surface area contributed by atoms with Crippen LogP contribution in [0.4, 0.5) is 5.69 Å². The summed E-state index contributed by atoms with van der Waals surface area (Å²) < 4.78 is 55.3. The molecule has 0 unspecified atom stereocenters. The molecule has 33 heavy (non-hydrogen) atoms. The molecule has 2 aromatic rings. The lowest BCUT2D eigenvalue weighted by Gasteiger charge is -2.30. The second kappa shape index (κ2) is 9.02. The van der Waals surface area contributed by atoms with E-state index in [0.29, 0.717) is 43.0 Å². The number of benzene rings is 2. The molecule has 0 atom stereocenters. The fourth-order valence-corrected chi connectivity index (χ4v) is 7.20. The van der Waals surface area contributed by atoms with Crippen molar-refractivity contribution >= 4 is 43.8 Å². The number of hydrogen-bond donors (Lipinski definition) is 1. The number of hydrogen-bond acceptors (Lipinski definition) is 5. The van der Waals surface area contributed by atoms with E-state index in [0.717, 1.165) is 18.4 Å². The SMILES string of the molecule is CC(=O)Nc1ccc(/C=C/c2ccc(C)cc2S(=O)(=O)N2CCC2)c(S(=O)(=O)N2CCC2)c1. The van der Waals surface area contributed by atoms with Gasteiger partial charge < -0.3 is 5.32 Å². The first-order valence-electron chi connectivity index (χ1n) is 10.8. The molecule has 1 amide bonds. The Morgan fingerprint density at radius 3 is 1.76 bits per heavy atom. The zero-order valence-corrected chi connectivity index (χ0v) is 20.2.